The minimum absolute atomic E-state index is 0.172. The molecule has 0 aliphatic rings. The van der Waals surface area contributed by atoms with E-state index >= 15 is 0 Å². The Morgan fingerprint density at radius 2 is 1.89 bits per heavy atom. The molecule has 0 saturated carbocycles. The number of fused-ring (bicyclic) bond motifs is 1. The summed E-state index contributed by atoms with van der Waals surface area (Å²) in [6.07, 6.45) is 0.663. The van der Waals surface area contributed by atoms with Crippen LogP contribution in [0.2, 0.25) is 5.02 Å². The molecule has 6 heteroatoms. The van der Waals surface area contributed by atoms with Gasteiger partial charge in [0.15, 0.2) is 5.69 Å². The second-order valence-electron chi connectivity index (χ2n) is 6.91. The van der Waals surface area contributed by atoms with Gasteiger partial charge in [-0.1, -0.05) is 55.8 Å². The van der Waals surface area contributed by atoms with Crippen LogP contribution in [-0.2, 0) is 13.0 Å². The van der Waals surface area contributed by atoms with Gasteiger partial charge in [0.25, 0.3) is 11.5 Å². The summed E-state index contributed by atoms with van der Waals surface area (Å²) in [5, 5.41) is 9.00. The largest absolute Gasteiger partial charge is 0.350 e. The molecule has 3 rings (SSSR count). The van der Waals surface area contributed by atoms with Gasteiger partial charge in [-0.15, -0.1) is 0 Å². The van der Waals surface area contributed by atoms with Gasteiger partial charge in [0.1, 0.15) is 0 Å². The van der Waals surface area contributed by atoms with Gasteiger partial charge in [0, 0.05) is 23.5 Å². The Bertz CT molecular complexity index is 1030. The van der Waals surface area contributed by atoms with Gasteiger partial charge < -0.3 is 5.32 Å². The highest BCUT2D eigenvalue weighted by molar-refractivity contribution is 6.30. The quantitative estimate of drug-likeness (QED) is 0.706. The smallest absolute Gasteiger partial charge is 0.274 e. The van der Waals surface area contributed by atoms with E-state index in [0.717, 1.165) is 5.56 Å². The van der Waals surface area contributed by atoms with Gasteiger partial charge in [-0.2, -0.15) is 5.10 Å². The van der Waals surface area contributed by atoms with E-state index in [9.17, 15) is 9.59 Å². The Balaban J connectivity index is 1.85. The zero-order valence-electron chi connectivity index (χ0n) is 15.4. The van der Waals surface area contributed by atoms with Crippen LogP contribution in [0.25, 0.3) is 10.8 Å². The first-order chi connectivity index (χ1) is 13.0. The number of halogens is 1. The minimum Gasteiger partial charge on any atom is -0.350 e. The third-order valence-electron chi connectivity index (χ3n) is 4.21. The molecule has 2 aromatic carbocycles. The topological polar surface area (TPSA) is 64.0 Å². The van der Waals surface area contributed by atoms with Crippen LogP contribution in [0, 0.1) is 5.92 Å². The Morgan fingerprint density at radius 3 is 2.59 bits per heavy atom. The zero-order valence-corrected chi connectivity index (χ0v) is 16.2. The molecule has 0 unspecified atom stereocenters. The van der Waals surface area contributed by atoms with Crippen molar-refractivity contribution in [1.82, 2.24) is 15.1 Å². The number of rotatable bonds is 6. The second-order valence-corrected chi connectivity index (χ2v) is 7.35. The molecule has 1 N–H and O–H groups in total. The van der Waals surface area contributed by atoms with Crippen LogP contribution in [0.3, 0.4) is 0 Å². The van der Waals surface area contributed by atoms with E-state index < -0.39 is 0 Å². The van der Waals surface area contributed by atoms with E-state index in [-0.39, 0.29) is 23.1 Å². The first-order valence-electron chi connectivity index (χ1n) is 8.98. The van der Waals surface area contributed by atoms with Crippen molar-refractivity contribution in [2.75, 3.05) is 6.54 Å². The highest BCUT2D eigenvalue weighted by atomic mass is 35.5. The van der Waals surface area contributed by atoms with Crippen LogP contribution in [0.4, 0.5) is 0 Å². The number of hydrogen-bond donors (Lipinski definition) is 1. The lowest BCUT2D eigenvalue weighted by Crippen LogP contribution is -2.32. The molecule has 0 bridgehead atoms. The van der Waals surface area contributed by atoms with Crippen LogP contribution in [0.5, 0.6) is 0 Å². The summed E-state index contributed by atoms with van der Waals surface area (Å²) in [4.78, 5) is 25.4. The standard InChI is InChI=1S/C21H22ClN3O2/c1-14(2)13-25-21(27)18-9-4-3-8-17(18)19(24-25)20(26)23-11-10-15-6-5-7-16(22)12-15/h3-9,12,14H,10-11,13H2,1-2H3,(H,23,26). The van der Waals surface area contributed by atoms with Crippen molar-refractivity contribution >= 4 is 28.3 Å². The van der Waals surface area contributed by atoms with Gasteiger partial charge in [-0.3, -0.25) is 9.59 Å². The lowest BCUT2D eigenvalue weighted by molar-refractivity contribution is 0.0948. The Hall–Kier alpha value is -2.66. The maximum absolute atomic E-state index is 12.8. The summed E-state index contributed by atoms with van der Waals surface area (Å²) in [5.74, 6) is -0.0409. The van der Waals surface area contributed by atoms with Crippen molar-refractivity contribution < 1.29 is 4.79 Å². The molecule has 0 spiro atoms. The first kappa shape index (κ1) is 19.1. The third kappa shape index (κ3) is 4.55. The summed E-state index contributed by atoms with van der Waals surface area (Å²) in [7, 11) is 0. The fourth-order valence-corrected chi connectivity index (χ4v) is 3.18. The molecule has 5 nitrogen and oxygen atoms in total. The van der Waals surface area contributed by atoms with Gasteiger partial charge in [-0.25, -0.2) is 4.68 Å². The van der Waals surface area contributed by atoms with E-state index in [0.29, 0.717) is 35.3 Å². The van der Waals surface area contributed by atoms with Crippen molar-refractivity contribution in [2.24, 2.45) is 5.92 Å². The van der Waals surface area contributed by atoms with Crippen molar-refractivity contribution in [3.8, 4) is 0 Å². The minimum atomic E-state index is -0.286. The fourth-order valence-electron chi connectivity index (χ4n) is 2.97. The Kier molecular flexibility index (Phi) is 5.91. The molecule has 1 heterocycles. The van der Waals surface area contributed by atoms with Crippen LogP contribution in [0.1, 0.15) is 29.9 Å². The fraction of sp³-hybridized carbons (Fsp3) is 0.286. The van der Waals surface area contributed by atoms with E-state index in [1.54, 1.807) is 24.3 Å². The van der Waals surface area contributed by atoms with Crippen LogP contribution < -0.4 is 10.9 Å². The summed E-state index contributed by atoms with van der Waals surface area (Å²) >= 11 is 5.99. The number of benzene rings is 2. The molecule has 140 valence electrons. The van der Waals surface area contributed by atoms with Gasteiger partial charge in [0.05, 0.1) is 5.39 Å². The van der Waals surface area contributed by atoms with Crippen LogP contribution >= 0.6 is 11.6 Å². The Labute approximate surface area is 163 Å². The first-order valence-corrected chi connectivity index (χ1v) is 9.36. The van der Waals surface area contributed by atoms with Crippen molar-refractivity contribution in [1.29, 1.82) is 0 Å². The summed E-state index contributed by atoms with van der Waals surface area (Å²) < 4.78 is 1.39. The Morgan fingerprint density at radius 1 is 1.15 bits per heavy atom. The zero-order chi connectivity index (χ0) is 19.4. The average Bonchev–Trinajstić information content (AvgIpc) is 2.64. The SMILES string of the molecule is CC(C)Cn1nc(C(=O)NCCc2cccc(Cl)c2)c2ccccc2c1=O. The van der Waals surface area contributed by atoms with Crippen molar-refractivity contribution in [3.05, 3.63) is 75.2 Å². The number of aromatic nitrogens is 2. The molecule has 0 aliphatic heterocycles. The van der Waals surface area contributed by atoms with Crippen molar-refractivity contribution in [3.63, 3.8) is 0 Å². The van der Waals surface area contributed by atoms with Gasteiger partial charge >= 0.3 is 0 Å². The normalized spacial score (nSPS) is 11.1. The van der Waals surface area contributed by atoms with Crippen LogP contribution in [0.15, 0.2) is 53.3 Å². The predicted molar refractivity (Wildman–Crippen MR) is 108 cm³/mol. The van der Waals surface area contributed by atoms with E-state index in [1.807, 2.05) is 38.1 Å². The number of carbonyl (C=O) groups excluding carboxylic acids is 1. The highest BCUT2D eigenvalue weighted by Gasteiger charge is 2.16. The molecule has 0 radical (unpaired) electrons. The second kappa shape index (κ2) is 8.35. The molecule has 0 atom stereocenters. The molecule has 0 fully saturated rings. The number of hydrogen-bond acceptors (Lipinski definition) is 3. The molecule has 0 aliphatic carbocycles. The van der Waals surface area contributed by atoms with E-state index in [1.165, 1.54) is 4.68 Å². The molecule has 1 amide bonds. The van der Waals surface area contributed by atoms with Crippen LogP contribution in [-0.4, -0.2) is 22.2 Å². The van der Waals surface area contributed by atoms with E-state index in [2.05, 4.69) is 10.4 Å². The lowest BCUT2D eigenvalue weighted by atomic mass is 10.1. The summed E-state index contributed by atoms with van der Waals surface area (Å²) in [6, 6.07) is 14.6. The number of carbonyl (C=O) groups is 1. The molecule has 3 aromatic rings. The number of nitrogens with one attached hydrogen (secondary N) is 1. The lowest BCUT2D eigenvalue weighted by Gasteiger charge is -2.12. The van der Waals surface area contributed by atoms with Gasteiger partial charge in [0.2, 0.25) is 0 Å². The highest BCUT2D eigenvalue weighted by Crippen LogP contribution is 2.14. The van der Waals surface area contributed by atoms with E-state index in [4.69, 9.17) is 11.6 Å². The van der Waals surface area contributed by atoms with Gasteiger partial charge in [-0.05, 0) is 36.1 Å². The summed E-state index contributed by atoms with van der Waals surface area (Å²) in [5.41, 5.74) is 1.15. The number of nitrogens with zero attached hydrogens (tertiary/aromatic N) is 2. The molecule has 1 aromatic heterocycles. The average molecular weight is 384 g/mol. The third-order valence-corrected chi connectivity index (χ3v) is 4.44. The molecular weight excluding hydrogens is 362 g/mol. The number of amides is 1. The molecular formula is C21H22ClN3O2. The predicted octanol–water partition coefficient (Wildman–Crippen LogP) is 3.68. The maximum Gasteiger partial charge on any atom is 0.274 e. The summed E-state index contributed by atoms with van der Waals surface area (Å²) in [6.45, 7) is 4.94. The van der Waals surface area contributed by atoms with Crippen molar-refractivity contribution in [2.45, 2.75) is 26.8 Å². The maximum atomic E-state index is 12.8. The molecule has 0 saturated heterocycles. The molecule has 27 heavy (non-hydrogen) atoms. The monoisotopic (exact) mass is 383 g/mol.